The molecule has 0 unspecified atom stereocenters. The summed E-state index contributed by atoms with van der Waals surface area (Å²) in [5.41, 5.74) is 8.05. The lowest BCUT2D eigenvalue weighted by Gasteiger charge is -2.12. The van der Waals surface area contributed by atoms with E-state index in [1.54, 1.807) is 18.3 Å². The number of nitrogens with one attached hydrogen (secondary N) is 1. The number of fused-ring (bicyclic) bond motifs is 1. The number of benzene rings is 2. The van der Waals surface area contributed by atoms with E-state index in [9.17, 15) is 9.59 Å². The molecule has 0 saturated carbocycles. The number of hydrogen-bond donors (Lipinski definition) is 2. The Hall–Kier alpha value is -3.74. The minimum Gasteiger partial charge on any atom is -0.495 e. The van der Waals surface area contributed by atoms with Crippen molar-refractivity contribution >= 4 is 28.4 Å². The summed E-state index contributed by atoms with van der Waals surface area (Å²) in [6.45, 7) is 3.44. The lowest BCUT2D eigenvalue weighted by Crippen LogP contribution is -2.14. The van der Waals surface area contributed by atoms with E-state index in [-0.39, 0.29) is 11.7 Å². The lowest BCUT2D eigenvalue weighted by molar-refractivity contribution is -0.111. The third-order valence-electron chi connectivity index (χ3n) is 3.78. The zero-order valence-electron chi connectivity index (χ0n) is 14.0. The summed E-state index contributed by atoms with van der Waals surface area (Å²) in [5, 5.41) is 3.50. The number of methoxy groups -OCH3 is 1. The largest absolute Gasteiger partial charge is 0.495 e. The topological polar surface area (TPSA) is 107 Å². The molecule has 130 valence electrons. The number of rotatable bonds is 5. The van der Waals surface area contributed by atoms with Crippen LogP contribution in [0.4, 0.5) is 5.69 Å². The van der Waals surface area contributed by atoms with E-state index >= 15 is 0 Å². The minimum absolute atomic E-state index is 0.0386. The Balaban J connectivity index is 2.07. The Bertz CT molecular complexity index is 1030. The molecule has 0 bridgehead atoms. The van der Waals surface area contributed by atoms with Gasteiger partial charge in [-0.1, -0.05) is 24.8 Å². The van der Waals surface area contributed by atoms with Gasteiger partial charge in [0.25, 0.3) is 5.91 Å². The van der Waals surface area contributed by atoms with E-state index in [2.05, 4.69) is 21.9 Å². The molecule has 0 radical (unpaired) electrons. The summed E-state index contributed by atoms with van der Waals surface area (Å²) in [6.07, 6.45) is 2.74. The van der Waals surface area contributed by atoms with Gasteiger partial charge < -0.3 is 15.8 Å². The summed E-state index contributed by atoms with van der Waals surface area (Å²) in [5.74, 6) is -0.527. The number of primary amides is 1. The van der Waals surface area contributed by atoms with Gasteiger partial charge in [-0.2, -0.15) is 0 Å². The molecule has 7 nitrogen and oxygen atoms in total. The van der Waals surface area contributed by atoms with Crippen molar-refractivity contribution in [1.82, 2.24) is 9.97 Å². The number of carbonyl (C=O) groups is 2. The Labute approximate surface area is 149 Å². The second-order valence-corrected chi connectivity index (χ2v) is 5.44. The van der Waals surface area contributed by atoms with Crippen LogP contribution >= 0.6 is 0 Å². The standard InChI is InChI=1S/C19H16N4O3/c1-3-17(24)22-15-9-12(6-7-16(15)26-2)11-4-5-13-10-21-19(18(20)25)23-14(13)8-11/h3-10H,1H2,2H3,(H2,20,25)(H,22,24). The number of amides is 2. The second kappa shape index (κ2) is 7.02. The number of ether oxygens (including phenoxy) is 1. The van der Waals surface area contributed by atoms with Gasteiger partial charge in [0, 0.05) is 11.6 Å². The van der Waals surface area contributed by atoms with Crippen molar-refractivity contribution in [2.24, 2.45) is 5.73 Å². The highest BCUT2D eigenvalue weighted by Gasteiger charge is 2.10. The predicted octanol–water partition coefficient (Wildman–Crippen LogP) is 2.53. The predicted molar refractivity (Wildman–Crippen MR) is 98.9 cm³/mol. The van der Waals surface area contributed by atoms with Crippen molar-refractivity contribution in [3.8, 4) is 16.9 Å². The van der Waals surface area contributed by atoms with Crippen molar-refractivity contribution in [1.29, 1.82) is 0 Å². The normalized spacial score (nSPS) is 10.3. The molecule has 0 atom stereocenters. The highest BCUT2D eigenvalue weighted by molar-refractivity contribution is 6.00. The van der Waals surface area contributed by atoms with E-state index < -0.39 is 5.91 Å². The first-order valence-electron chi connectivity index (χ1n) is 7.70. The molecule has 0 fully saturated rings. The van der Waals surface area contributed by atoms with Crippen LogP contribution in [0.3, 0.4) is 0 Å². The van der Waals surface area contributed by atoms with Crippen molar-refractivity contribution in [3.63, 3.8) is 0 Å². The summed E-state index contributed by atoms with van der Waals surface area (Å²) >= 11 is 0. The second-order valence-electron chi connectivity index (χ2n) is 5.44. The molecule has 1 heterocycles. The van der Waals surface area contributed by atoms with Crippen LogP contribution < -0.4 is 15.8 Å². The van der Waals surface area contributed by atoms with Crippen LogP contribution in [0, 0.1) is 0 Å². The fraction of sp³-hybridized carbons (Fsp3) is 0.0526. The van der Waals surface area contributed by atoms with E-state index in [1.807, 2.05) is 24.3 Å². The average Bonchev–Trinajstić information content (AvgIpc) is 2.66. The van der Waals surface area contributed by atoms with Gasteiger partial charge in [-0.05, 0) is 35.4 Å². The summed E-state index contributed by atoms with van der Waals surface area (Å²) < 4.78 is 5.27. The molecule has 26 heavy (non-hydrogen) atoms. The Morgan fingerprint density at radius 3 is 2.62 bits per heavy atom. The molecule has 2 aromatic carbocycles. The fourth-order valence-corrected chi connectivity index (χ4v) is 2.49. The van der Waals surface area contributed by atoms with Crippen LogP contribution in [0.1, 0.15) is 10.6 Å². The van der Waals surface area contributed by atoms with E-state index in [0.717, 1.165) is 16.5 Å². The summed E-state index contributed by atoms with van der Waals surface area (Å²) in [7, 11) is 1.52. The highest BCUT2D eigenvalue weighted by atomic mass is 16.5. The minimum atomic E-state index is -0.684. The molecule has 3 aromatic rings. The van der Waals surface area contributed by atoms with Crippen LogP contribution in [-0.4, -0.2) is 28.9 Å². The van der Waals surface area contributed by atoms with Crippen molar-refractivity contribution in [3.05, 3.63) is 61.1 Å². The SMILES string of the molecule is C=CC(=O)Nc1cc(-c2ccc3cnc(C(N)=O)nc3c2)ccc1OC. The molecule has 3 N–H and O–H groups in total. The van der Waals surface area contributed by atoms with Crippen molar-refractivity contribution in [2.45, 2.75) is 0 Å². The summed E-state index contributed by atoms with van der Waals surface area (Å²) in [6, 6.07) is 11.0. The molecule has 0 saturated heterocycles. The lowest BCUT2D eigenvalue weighted by atomic mass is 10.0. The van der Waals surface area contributed by atoms with Crippen LogP contribution in [0.15, 0.2) is 55.3 Å². The van der Waals surface area contributed by atoms with Crippen molar-refractivity contribution in [2.75, 3.05) is 12.4 Å². The number of nitrogens with zero attached hydrogens (tertiary/aromatic N) is 2. The van der Waals surface area contributed by atoms with Crippen LogP contribution in [0.25, 0.3) is 22.0 Å². The molecule has 0 aliphatic heterocycles. The van der Waals surface area contributed by atoms with Crippen LogP contribution in [0.2, 0.25) is 0 Å². The molecule has 1 aromatic heterocycles. The number of carbonyl (C=O) groups excluding carboxylic acids is 2. The zero-order valence-corrected chi connectivity index (χ0v) is 14.0. The third kappa shape index (κ3) is 3.36. The first kappa shape index (κ1) is 17.1. The van der Waals surface area contributed by atoms with Gasteiger partial charge in [-0.15, -0.1) is 0 Å². The average molecular weight is 348 g/mol. The Morgan fingerprint density at radius 1 is 1.19 bits per heavy atom. The number of aromatic nitrogens is 2. The van der Waals surface area contributed by atoms with Gasteiger partial charge in [0.15, 0.2) is 0 Å². The smallest absolute Gasteiger partial charge is 0.286 e. The van der Waals surface area contributed by atoms with E-state index in [4.69, 9.17) is 10.5 Å². The van der Waals surface area contributed by atoms with Gasteiger partial charge in [0.1, 0.15) is 5.75 Å². The number of nitrogens with two attached hydrogens (primary N) is 1. The maximum absolute atomic E-state index is 11.6. The molecule has 0 aliphatic carbocycles. The van der Waals surface area contributed by atoms with Gasteiger partial charge in [-0.25, -0.2) is 9.97 Å². The maximum atomic E-state index is 11.6. The fourth-order valence-electron chi connectivity index (χ4n) is 2.49. The highest BCUT2D eigenvalue weighted by Crippen LogP contribution is 2.31. The molecule has 3 rings (SSSR count). The Kier molecular flexibility index (Phi) is 4.62. The van der Waals surface area contributed by atoms with Gasteiger partial charge in [0.05, 0.1) is 18.3 Å². The monoisotopic (exact) mass is 348 g/mol. The maximum Gasteiger partial charge on any atom is 0.286 e. The van der Waals surface area contributed by atoms with Crippen LogP contribution in [-0.2, 0) is 4.79 Å². The summed E-state index contributed by atoms with van der Waals surface area (Å²) in [4.78, 5) is 31.0. The van der Waals surface area contributed by atoms with Gasteiger partial charge >= 0.3 is 0 Å². The van der Waals surface area contributed by atoms with Gasteiger partial charge in [-0.3, -0.25) is 9.59 Å². The molecular formula is C19H16N4O3. The molecule has 0 spiro atoms. The van der Waals surface area contributed by atoms with E-state index in [0.29, 0.717) is 17.0 Å². The zero-order chi connectivity index (χ0) is 18.7. The number of anilines is 1. The quantitative estimate of drug-likeness (QED) is 0.689. The number of hydrogen-bond acceptors (Lipinski definition) is 5. The molecule has 7 heteroatoms. The Morgan fingerprint density at radius 2 is 1.92 bits per heavy atom. The molecular weight excluding hydrogens is 332 g/mol. The first-order valence-corrected chi connectivity index (χ1v) is 7.70. The third-order valence-corrected chi connectivity index (χ3v) is 3.78. The van der Waals surface area contributed by atoms with Crippen LogP contribution in [0.5, 0.6) is 5.75 Å². The molecule has 2 amide bonds. The van der Waals surface area contributed by atoms with Crippen molar-refractivity contribution < 1.29 is 14.3 Å². The first-order chi connectivity index (χ1) is 12.5. The van der Waals surface area contributed by atoms with Gasteiger partial charge in [0.2, 0.25) is 11.7 Å². The molecule has 0 aliphatic rings. The van der Waals surface area contributed by atoms with E-state index in [1.165, 1.54) is 13.2 Å².